The molecule has 0 bridgehead atoms. The Bertz CT molecular complexity index is 671. The first-order valence-electron chi connectivity index (χ1n) is 9.00. The molecule has 5 heteroatoms. The molecule has 1 aliphatic heterocycles. The standard InChI is InChI=1S/C20H25N3O2/c1-2-13-23-14-7-6-10-18(23)20(24)22-16-11-12-19(21-15-16)25-17-8-4-3-5-9-17/h3-5,8-9,11-12,15,18H,2,6-7,10,13-14H2,1H3,(H,22,24). The van der Waals surface area contributed by atoms with Crippen LogP contribution >= 0.6 is 0 Å². The molecule has 0 radical (unpaired) electrons. The summed E-state index contributed by atoms with van der Waals surface area (Å²) in [5, 5.41) is 2.99. The van der Waals surface area contributed by atoms with Gasteiger partial charge in [-0.2, -0.15) is 0 Å². The van der Waals surface area contributed by atoms with Crippen molar-refractivity contribution in [3.8, 4) is 11.6 Å². The normalized spacial score (nSPS) is 17.9. The number of likely N-dealkylation sites (tertiary alicyclic amines) is 1. The van der Waals surface area contributed by atoms with Crippen LogP contribution < -0.4 is 10.1 Å². The van der Waals surface area contributed by atoms with Gasteiger partial charge in [0.2, 0.25) is 11.8 Å². The van der Waals surface area contributed by atoms with E-state index < -0.39 is 0 Å². The molecule has 1 saturated heterocycles. The van der Waals surface area contributed by atoms with Crippen LogP contribution in [0.15, 0.2) is 48.7 Å². The first kappa shape index (κ1) is 17.4. The molecule has 2 heterocycles. The smallest absolute Gasteiger partial charge is 0.241 e. The number of anilines is 1. The van der Waals surface area contributed by atoms with Crippen molar-refractivity contribution < 1.29 is 9.53 Å². The van der Waals surface area contributed by atoms with Crippen LogP contribution in [0.5, 0.6) is 11.6 Å². The number of piperidine rings is 1. The molecule has 2 aromatic rings. The number of para-hydroxylation sites is 1. The van der Waals surface area contributed by atoms with Gasteiger partial charge in [0.1, 0.15) is 5.75 Å². The van der Waals surface area contributed by atoms with Crippen molar-refractivity contribution in [3.63, 3.8) is 0 Å². The monoisotopic (exact) mass is 339 g/mol. The van der Waals surface area contributed by atoms with Crippen molar-refractivity contribution >= 4 is 11.6 Å². The quantitative estimate of drug-likeness (QED) is 0.862. The van der Waals surface area contributed by atoms with Crippen molar-refractivity contribution in [2.75, 3.05) is 18.4 Å². The molecule has 132 valence electrons. The summed E-state index contributed by atoms with van der Waals surface area (Å²) in [4.78, 5) is 19.2. The Balaban J connectivity index is 1.59. The van der Waals surface area contributed by atoms with Crippen molar-refractivity contribution in [1.82, 2.24) is 9.88 Å². The van der Waals surface area contributed by atoms with Crippen LogP contribution in [0.4, 0.5) is 5.69 Å². The predicted octanol–water partition coefficient (Wildman–Crippen LogP) is 4.08. The maximum absolute atomic E-state index is 12.6. The van der Waals surface area contributed by atoms with Crippen LogP contribution in [0.3, 0.4) is 0 Å². The summed E-state index contributed by atoms with van der Waals surface area (Å²) in [6.45, 7) is 4.13. The molecule has 1 atom stereocenters. The van der Waals surface area contributed by atoms with Crippen LogP contribution in [0.2, 0.25) is 0 Å². The second-order valence-electron chi connectivity index (χ2n) is 6.34. The molecule has 0 saturated carbocycles. The summed E-state index contributed by atoms with van der Waals surface area (Å²) in [7, 11) is 0. The minimum atomic E-state index is -0.0334. The molecule has 1 aromatic carbocycles. The van der Waals surface area contributed by atoms with Crippen molar-refractivity contribution in [2.24, 2.45) is 0 Å². The molecule has 1 N–H and O–H groups in total. The molecular formula is C20H25N3O2. The number of nitrogens with one attached hydrogen (secondary N) is 1. The van der Waals surface area contributed by atoms with Gasteiger partial charge >= 0.3 is 0 Å². The number of hydrogen-bond donors (Lipinski definition) is 1. The highest BCUT2D eigenvalue weighted by Gasteiger charge is 2.27. The van der Waals surface area contributed by atoms with E-state index in [1.807, 2.05) is 36.4 Å². The molecule has 1 amide bonds. The lowest BCUT2D eigenvalue weighted by Crippen LogP contribution is -2.47. The zero-order valence-electron chi connectivity index (χ0n) is 14.6. The van der Waals surface area contributed by atoms with E-state index >= 15 is 0 Å². The Morgan fingerprint density at radius 3 is 2.80 bits per heavy atom. The number of ether oxygens (including phenoxy) is 1. The van der Waals surface area contributed by atoms with Gasteiger partial charge in [-0.25, -0.2) is 4.98 Å². The maximum atomic E-state index is 12.6. The molecule has 1 unspecified atom stereocenters. The van der Waals surface area contributed by atoms with Crippen molar-refractivity contribution in [2.45, 2.75) is 38.6 Å². The number of aromatic nitrogens is 1. The van der Waals surface area contributed by atoms with Crippen LogP contribution in [-0.2, 0) is 4.79 Å². The number of rotatable bonds is 6. The summed E-state index contributed by atoms with van der Waals surface area (Å²) in [6.07, 6.45) is 5.92. The highest BCUT2D eigenvalue weighted by molar-refractivity contribution is 5.94. The summed E-state index contributed by atoms with van der Waals surface area (Å²) in [6, 6.07) is 13.1. The van der Waals surface area contributed by atoms with Gasteiger partial charge in [0.25, 0.3) is 0 Å². The van der Waals surface area contributed by atoms with E-state index in [0.717, 1.165) is 38.1 Å². The number of benzene rings is 1. The van der Waals surface area contributed by atoms with E-state index in [4.69, 9.17) is 4.74 Å². The van der Waals surface area contributed by atoms with Crippen LogP contribution in [0.1, 0.15) is 32.6 Å². The average molecular weight is 339 g/mol. The van der Waals surface area contributed by atoms with Crippen molar-refractivity contribution in [3.05, 3.63) is 48.7 Å². The molecule has 0 spiro atoms. The Labute approximate surface area is 149 Å². The molecule has 3 rings (SSSR count). The number of amides is 1. The van der Waals surface area contributed by atoms with Crippen LogP contribution in [0.25, 0.3) is 0 Å². The molecular weight excluding hydrogens is 314 g/mol. The van der Waals surface area contributed by atoms with Gasteiger partial charge in [-0.3, -0.25) is 9.69 Å². The van der Waals surface area contributed by atoms with Crippen LogP contribution in [0, 0.1) is 0 Å². The van der Waals surface area contributed by atoms with Gasteiger partial charge in [0.15, 0.2) is 0 Å². The summed E-state index contributed by atoms with van der Waals surface area (Å²) < 4.78 is 5.67. The van der Waals surface area contributed by atoms with Gasteiger partial charge in [0.05, 0.1) is 17.9 Å². The molecule has 1 aromatic heterocycles. The van der Waals surface area contributed by atoms with Gasteiger partial charge < -0.3 is 10.1 Å². The zero-order valence-corrected chi connectivity index (χ0v) is 14.6. The summed E-state index contributed by atoms with van der Waals surface area (Å²) in [5.74, 6) is 1.31. The number of pyridine rings is 1. The Kier molecular flexibility index (Phi) is 6.01. The molecule has 1 aliphatic rings. The van der Waals surface area contributed by atoms with Gasteiger partial charge in [-0.15, -0.1) is 0 Å². The van der Waals surface area contributed by atoms with E-state index in [1.165, 1.54) is 6.42 Å². The van der Waals surface area contributed by atoms with Gasteiger partial charge in [-0.05, 0) is 50.6 Å². The molecule has 1 fully saturated rings. The number of carbonyl (C=O) groups is 1. The minimum Gasteiger partial charge on any atom is -0.439 e. The average Bonchev–Trinajstić information content (AvgIpc) is 2.65. The lowest BCUT2D eigenvalue weighted by molar-refractivity contribution is -0.122. The molecule has 25 heavy (non-hydrogen) atoms. The van der Waals surface area contributed by atoms with E-state index in [-0.39, 0.29) is 11.9 Å². The third kappa shape index (κ3) is 4.79. The van der Waals surface area contributed by atoms with E-state index in [0.29, 0.717) is 11.6 Å². The topological polar surface area (TPSA) is 54.5 Å². The summed E-state index contributed by atoms with van der Waals surface area (Å²) >= 11 is 0. The first-order chi connectivity index (χ1) is 12.3. The predicted molar refractivity (Wildman–Crippen MR) is 98.9 cm³/mol. The second kappa shape index (κ2) is 8.62. The fraction of sp³-hybridized carbons (Fsp3) is 0.400. The Hall–Kier alpha value is -2.40. The number of nitrogens with zero attached hydrogens (tertiary/aromatic N) is 2. The second-order valence-corrected chi connectivity index (χ2v) is 6.34. The molecule has 5 nitrogen and oxygen atoms in total. The highest BCUT2D eigenvalue weighted by atomic mass is 16.5. The lowest BCUT2D eigenvalue weighted by atomic mass is 10.0. The Morgan fingerprint density at radius 1 is 1.24 bits per heavy atom. The van der Waals surface area contributed by atoms with Crippen molar-refractivity contribution in [1.29, 1.82) is 0 Å². The largest absolute Gasteiger partial charge is 0.439 e. The third-order valence-corrected chi connectivity index (χ3v) is 4.40. The number of carbonyl (C=O) groups excluding carboxylic acids is 1. The maximum Gasteiger partial charge on any atom is 0.241 e. The third-order valence-electron chi connectivity index (χ3n) is 4.40. The summed E-state index contributed by atoms with van der Waals surface area (Å²) in [5.41, 5.74) is 0.701. The fourth-order valence-electron chi connectivity index (χ4n) is 3.19. The number of hydrogen-bond acceptors (Lipinski definition) is 4. The zero-order chi connectivity index (χ0) is 17.5. The van der Waals surface area contributed by atoms with Crippen LogP contribution in [-0.4, -0.2) is 34.9 Å². The highest BCUT2D eigenvalue weighted by Crippen LogP contribution is 2.22. The Morgan fingerprint density at radius 2 is 2.08 bits per heavy atom. The van der Waals surface area contributed by atoms with Gasteiger partial charge in [-0.1, -0.05) is 31.5 Å². The first-order valence-corrected chi connectivity index (χ1v) is 9.00. The van der Waals surface area contributed by atoms with E-state index in [9.17, 15) is 4.79 Å². The van der Waals surface area contributed by atoms with Gasteiger partial charge in [0, 0.05) is 6.07 Å². The minimum absolute atomic E-state index is 0.0334. The van der Waals surface area contributed by atoms with E-state index in [1.54, 1.807) is 12.3 Å². The molecule has 0 aliphatic carbocycles. The SMILES string of the molecule is CCCN1CCCCC1C(=O)Nc1ccc(Oc2ccccc2)nc1. The lowest BCUT2D eigenvalue weighted by Gasteiger charge is -2.34. The van der Waals surface area contributed by atoms with E-state index in [2.05, 4.69) is 22.1 Å². The fourth-order valence-corrected chi connectivity index (χ4v) is 3.19.